The van der Waals surface area contributed by atoms with Crippen molar-refractivity contribution in [3.8, 4) is 11.3 Å². The van der Waals surface area contributed by atoms with Gasteiger partial charge in [-0.3, -0.25) is 9.89 Å². The van der Waals surface area contributed by atoms with Crippen molar-refractivity contribution in [2.24, 2.45) is 16.7 Å². The molecule has 0 atom stereocenters. The first-order valence-electron chi connectivity index (χ1n) is 7.25. The van der Waals surface area contributed by atoms with Crippen molar-refractivity contribution >= 4 is 11.6 Å². The van der Waals surface area contributed by atoms with Gasteiger partial charge < -0.3 is 5.32 Å². The number of aromatic nitrogens is 2. The predicted octanol–water partition coefficient (Wildman–Crippen LogP) is 3.70. The second kappa shape index (κ2) is 4.45. The fraction of sp³-hybridized carbons (Fsp3) is 0.412. The van der Waals surface area contributed by atoms with E-state index in [2.05, 4.69) is 43.2 Å². The van der Waals surface area contributed by atoms with Crippen molar-refractivity contribution in [1.82, 2.24) is 10.2 Å². The highest BCUT2D eigenvalue weighted by Crippen LogP contribution is 2.68. The molecule has 110 valence electrons. The van der Waals surface area contributed by atoms with E-state index in [0.29, 0.717) is 0 Å². The van der Waals surface area contributed by atoms with Gasteiger partial charge in [-0.25, -0.2) is 0 Å². The number of nitrogens with zero attached hydrogens (tertiary/aromatic N) is 1. The number of H-pyrrole nitrogens is 1. The molecule has 2 aromatic rings. The summed E-state index contributed by atoms with van der Waals surface area (Å²) in [6, 6.07) is 9.73. The van der Waals surface area contributed by atoms with Crippen LogP contribution in [-0.4, -0.2) is 16.1 Å². The summed E-state index contributed by atoms with van der Waals surface area (Å²) in [5.74, 6) is 0.160. The molecule has 0 aliphatic heterocycles. The Morgan fingerprint density at radius 3 is 2.48 bits per heavy atom. The summed E-state index contributed by atoms with van der Waals surface area (Å²) in [7, 11) is 0. The SMILES string of the molecule is CC1(C)C(C(=O)Nc2cccc(-c3ccn[nH]3)c2)C1(C)C. The van der Waals surface area contributed by atoms with E-state index in [1.165, 1.54) is 0 Å². The minimum absolute atomic E-state index is 0.0536. The molecule has 1 amide bonds. The Kier molecular flexibility index (Phi) is 2.94. The maximum Gasteiger partial charge on any atom is 0.228 e. The molecule has 1 aromatic carbocycles. The molecular weight excluding hydrogens is 262 g/mol. The summed E-state index contributed by atoms with van der Waals surface area (Å²) in [4.78, 5) is 12.5. The number of hydrogen-bond donors (Lipinski definition) is 2. The largest absolute Gasteiger partial charge is 0.326 e. The van der Waals surface area contributed by atoms with E-state index < -0.39 is 0 Å². The molecule has 0 spiro atoms. The molecule has 1 saturated carbocycles. The van der Waals surface area contributed by atoms with E-state index in [-0.39, 0.29) is 22.7 Å². The molecular formula is C17H21N3O. The Morgan fingerprint density at radius 1 is 1.19 bits per heavy atom. The van der Waals surface area contributed by atoms with E-state index in [9.17, 15) is 4.79 Å². The Hall–Kier alpha value is -2.10. The van der Waals surface area contributed by atoms with E-state index >= 15 is 0 Å². The molecule has 1 aliphatic carbocycles. The van der Waals surface area contributed by atoms with Gasteiger partial charge in [-0.2, -0.15) is 5.10 Å². The highest BCUT2D eigenvalue weighted by molar-refractivity contribution is 5.96. The number of carbonyl (C=O) groups excluding carboxylic acids is 1. The van der Waals surface area contributed by atoms with Gasteiger partial charge in [0.1, 0.15) is 0 Å². The molecule has 1 aliphatic rings. The second-order valence-electron chi connectivity index (χ2n) is 6.92. The van der Waals surface area contributed by atoms with Crippen molar-refractivity contribution in [2.75, 3.05) is 5.32 Å². The third-order valence-electron chi connectivity index (χ3n) is 5.22. The van der Waals surface area contributed by atoms with Crippen LogP contribution in [0.5, 0.6) is 0 Å². The summed E-state index contributed by atoms with van der Waals surface area (Å²) in [6.07, 6.45) is 1.72. The van der Waals surface area contributed by atoms with Crippen LogP contribution in [0.25, 0.3) is 11.3 Å². The Labute approximate surface area is 125 Å². The average Bonchev–Trinajstić information content (AvgIpc) is 2.79. The van der Waals surface area contributed by atoms with Gasteiger partial charge in [0.05, 0.1) is 5.69 Å². The minimum atomic E-state index is 0.0536. The third-order valence-corrected chi connectivity index (χ3v) is 5.22. The van der Waals surface area contributed by atoms with Crippen LogP contribution >= 0.6 is 0 Å². The van der Waals surface area contributed by atoms with Crippen LogP contribution in [0.4, 0.5) is 5.69 Å². The standard InChI is InChI=1S/C17H21N3O/c1-16(2)14(17(16,3)4)15(21)19-12-7-5-6-11(10-12)13-8-9-18-20-13/h5-10,14H,1-4H3,(H,18,20)(H,19,21). The number of nitrogens with one attached hydrogen (secondary N) is 2. The fourth-order valence-corrected chi connectivity index (χ4v) is 3.25. The maximum atomic E-state index is 12.5. The van der Waals surface area contributed by atoms with Crippen molar-refractivity contribution in [3.63, 3.8) is 0 Å². The lowest BCUT2D eigenvalue weighted by Crippen LogP contribution is -2.17. The summed E-state index contributed by atoms with van der Waals surface area (Å²) in [5, 5.41) is 9.93. The van der Waals surface area contributed by atoms with Crippen molar-refractivity contribution < 1.29 is 4.79 Å². The maximum absolute atomic E-state index is 12.5. The monoisotopic (exact) mass is 283 g/mol. The zero-order chi connectivity index (χ0) is 15.3. The lowest BCUT2D eigenvalue weighted by Gasteiger charge is -2.08. The number of hydrogen-bond acceptors (Lipinski definition) is 2. The summed E-state index contributed by atoms with van der Waals surface area (Å²) < 4.78 is 0. The second-order valence-corrected chi connectivity index (χ2v) is 6.92. The molecule has 0 unspecified atom stereocenters. The first-order chi connectivity index (χ1) is 9.84. The van der Waals surface area contributed by atoms with Crippen molar-refractivity contribution in [3.05, 3.63) is 36.5 Å². The normalized spacial score (nSPS) is 19.2. The number of aromatic amines is 1. The number of anilines is 1. The van der Waals surface area contributed by atoms with Crippen LogP contribution in [-0.2, 0) is 4.79 Å². The van der Waals surface area contributed by atoms with E-state index in [1.807, 2.05) is 30.3 Å². The van der Waals surface area contributed by atoms with Crippen LogP contribution in [0, 0.1) is 16.7 Å². The van der Waals surface area contributed by atoms with E-state index in [0.717, 1.165) is 16.9 Å². The minimum Gasteiger partial charge on any atom is -0.326 e. The first kappa shape index (κ1) is 13.9. The molecule has 1 heterocycles. The van der Waals surface area contributed by atoms with Gasteiger partial charge in [0.2, 0.25) is 5.91 Å². The zero-order valence-corrected chi connectivity index (χ0v) is 12.9. The first-order valence-corrected chi connectivity index (χ1v) is 7.25. The highest BCUT2D eigenvalue weighted by Gasteiger charge is 2.68. The van der Waals surface area contributed by atoms with Crippen molar-refractivity contribution in [1.29, 1.82) is 0 Å². The Balaban J connectivity index is 1.78. The van der Waals surface area contributed by atoms with Gasteiger partial charge in [0, 0.05) is 23.4 Å². The van der Waals surface area contributed by atoms with Gasteiger partial charge in [-0.15, -0.1) is 0 Å². The van der Waals surface area contributed by atoms with Gasteiger partial charge in [0.25, 0.3) is 0 Å². The smallest absolute Gasteiger partial charge is 0.228 e. The molecule has 4 nitrogen and oxygen atoms in total. The fourth-order valence-electron chi connectivity index (χ4n) is 3.25. The Morgan fingerprint density at radius 2 is 1.90 bits per heavy atom. The molecule has 0 saturated heterocycles. The van der Waals surface area contributed by atoms with Crippen LogP contribution < -0.4 is 5.32 Å². The van der Waals surface area contributed by atoms with Gasteiger partial charge in [-0.1, -0.05) is 39.8 Å². The van der Waals surface area contributed by atoms with E-state index in [1.54, 1.807) is 6.20 Å². The summed E-state index contributed by atoms with van der Waals surface area (Å²) in [5.41, 5.74) is 2.89. The summed E-state index contributed by atoms with van der Waals surface area (Å²) >= 11 is 0. The summed E-state index contributed by atoms with van der Waals surface area (Å²) in [6.45, 7) is 8.60. The Bertz CT molecular complexity index is 657. The molecule has 0 bridgehead atoms. The average molecular weight is 283 g/mol. The third kappa shape index (κ3) is 2.15. The number of carbonyl (C=O) groups is 1. The number of rotatable bonds is 3. The molecule has 3 rings (SSSR count). The van der Waals surface area contributed by atoms with Crippen molar-refractivity contribution in [2.45, 2.75) is 27.7 Å². The molecule has 0 radical (unpaired) electrons. The van der Waals surface area contributed by atoms with Gasteiger partial charge >= 0.3 is 0 Å². The lowest BCUT2D eigenvalue weighted by molar-refractivity contribution is -0.118. The number of benzene rings is 1. The molecule has 2 N–H and O–H groups in total. The topological polar surface area (TPSA) is 57.8 Å². The van der Waals surface area contributed by atoms with Gasteiger partial charge in [0.15, 0.2) is 0 Å². The molecule has 21 heavy (non-hydrogen) atoms. The van der Waals surface area contributed by atoms with Crippen LogP contribution in [0.15, 0.2) is 36.5 Å². The molecule has 4 heteroatoms. The zero-order valence-electron chi connectivity index (χ0n) is 12.9. The highest BCUT2D eigenvalue weighted by atomic mass is 16.2. The molecule has 1 fully saturated rings. The quantitative estimate of drug-likeness (QED) is 0.902. The van der Waals surface area contributed by atoms with E-state index in [4.69, 9.17) is 0 Å². The van der Waals surface area contributed by atoms with Crippen LogP contribution in [0.3, 0.4) is 0 Å². The lowest BCUT2D eigenvalue weighted by atomic mass is 10.0. The predicted molar refractivity (Wildman–Crippen MR) is 83.7 cm³/mol. The number of amides is 1. The van der Waals surface area contributed by atoms with Crippen LogP contribution in [0.2, 0.25) is 0 Å². The molecule has 1 aromatic heterocycles. The van der Waals surface area contributed by atoms with Gasteiger partial charge in [-0.05, 0) is 29.0 Å². The van der Waals surface area contributed by atoms with Crippen LogP contribution in [0.1, 0.15) is 27.7 Å².